The van der Waals surface area contributed by atoms with E-state index in [1.807, 2.05) is 11.8 Å². The molecule has 15 heavy (non-hydrogen) atoms. The molecule has 0 aromatic heterocycles. The number of hydrogen-bond donors (Lipinski definition) is 1. The van der Waals surface area contributed by atoms with Gasteiger partial charge in [-0.25, -0.2) is 0 Å². The van der Waals surface area contributed by atoms with Crippen LogP contribution in [0, 0.1) is 5.92 Å². The summed E-state index contributed by atoms with van der Waals surface area (Å²) in [6.07, 6.45) is 7.89. The first-order valence-corrected chi connectivity index (χ1v) is 7.72. The van der Waals surface area contributed by atoms with Crippen molar-refractivity contribution < 1.29 is 0 Å². The van der Waals surface area contributed by atoms with E-state index < -0.39 is 0 Å². The topological polar surface area (TPSA) is 15.3 Å². The Hall–Kier alpha value is 0.270. The predicted octanol–water partition coefficient (Wildman–Crippen LogP) is 1.81. The molecule has 1 saturated carbocycles. The van der Waals surface area contributed by atoms with Gasteiger partial charge < -0.3 is 10.2 Å². The molecule has 2 rings (SSSR count). The Morgan fingerprint density at radius 1 is 1.33 bits per heavy atom. The Morgan fingerprint density at radius 3 is 2.93 bits per heavy atom. The van der Waals surface area contributed by atoms with Gasteiger partial charge in [-0.05, 0) is 50.9 Å². The lowest BCUT2D eigenvalue weighted by atomic mass is 9.98. The zero-order valence-corrected chi connectivity index (χ0v) is 10.7. The predicted molar refractivity (Wildman–Crippen MR) is 68.6 cm³/mol. The van der Waals surface area contributed by atoms with Gasteiger partial charge in [0.05, 0.1) is 0 Å². The first kappa shape index (κ1) is 11.7. The van der Waals surface area contributed by atoms with Gasteiger partial charge in [-0.2, -0.15) is 11.8 Å². The summed E-state index contributed by atoms with van der Waals surface area (Å²) < 4.78 is 0. The lowest BCUT2D eigenvalue weighted by Crippen LogP contribution is -2.40. The van der Waals surface area contributed by atoms with Crippen molar-refractivity contribution in [1.29, 1.82) is 0 Å². The average molecular weight is 228 g/mol. The SMILES string of the molecule is CSCCN1CCCC(CNC2CC2)C1. The maximum absolute atomic E-state index is 3.67. The van der Waals surface area contributed by atoms with E-state index in [0.29, 0.717) is 0 Å². The summed E-state index contributed by atoms with van der Waals surface area (Å²) in [7, 11) is 0. The van der Waals surface area contributed by atoms with Crippen molar-refractivity contribution in [1.82, 2.24) is 10.2 Å². The van der Waals surface area contributed by atoms with Crippen molar-refractivity contribution in [2.45, 2.75) is 31.7 Å². The first-order chi connectivity index (χ1) is 7.38. The molecule has 1 N–H and O–H groups in total. The van der Waals surface area contributed by atoms with Crippen LogP contribution in [0.15, 0.2) is 0 Å². The van der Waals surface area contributed by atoms with Crippen molar-refractivity contribution >= 4 is 11.8 Å². The normalized spacial score (nSPS) is 28.2. The van der Waals surface area contributed by atoms with Crippen molar-refractivity contribution in [3.63, 3.8) is 0 Å². The number of nitrogens with one attached hydrogen (secondary N) is 1. The Kier molecular flexibility index (Phi) is 4.79. The molecule has 1 heterocycles. The molecule has 0 amide bonds. The van der Waals surface area contributed by atoms with Crippen LogP contribution in [0.4, 0.5) is 0 Å². The molecule has 1 atom stereocenters. The van der Waals surface area contributed by atoms with Crippen LogP contribution >= 0.6 is 11.8 Å². The maximum Gasteiger partial charge on any atom is 0.00724 e. The third kappa shape index (κ3) is 4.33. The lowest BCUT2D eigenvalue weighted by Gasteiger charge is -2.32. The number of thioether (sulfide) groups is 1. The van der Waals surface area contributed by atoms with E-state index in [1.54, 1.807) is 0 Å². The van der Waals surface area contributed by atoms with Crippen LogP contribution in [-0.4, -0.2) is 49.1 Å². The van der Waals surface area contributed by atoms with Crippen LogP contribution in [0.1, 0.15) is 25.7 Å². The third-order valence-electron chi connectivity index (χ3n) is 3.49. The van der Waals surface area contributed by atoms with Crippen molar-refractivity contribution in [2.75, 3.05) is 38.2 Å². The number of rotatable bonds is 6. The van der Waals surface area contributed by atoms with Gasteiger partial charge in [0.15, 0.2) is 0 Å². The fraction of sp³-hybridized carbons (Fsp3) is 1.00. The summed E-state index contributed by atoms with van der Waals surface area (Å²) in [4.78, 5) is 2.65. The molecule has 2 fully saturated rings. The number of piperidine rings is 1. The monoisotopic (exact) mass is 228 g/mol. The van der Waals surface area contributed by atoms with Crippen LogP contribution in [0.2, 0.25) is 0 Å². The fourth-order valence-electron chi connectivity index (χ4n) is 2.36. The second-order valence-corrected chi connectivity index (χ2v) is 5.97. The van der Waals surface area contributed by atoms with Gasteiger partial charge >= 0.3 is 0 Å². The minimum Gasteiger partial charge on any atom is -0.314 e. The molecule has 1 saturated heterocycles. The smallest absolute Gasteiger partial charge is 0.00724 e. The number of nitrogens with zero attached hydrogens (tertiary/aromatic N) is 1. The number of likely N-dealkylation sites (tertiary alicyclic amines) is 1. The van der Waals surface area contributed by atoms with Crippen molar-refractivity contribution in [3.8, 4) is 0 Å². The summed E-state index contributed by atoms with van der Waals surface area (Å²) in [5.74, 6) is 2.21. The summed E-state index contributed by atoms with van der Waals surface area (Å²) in [5.41, 5.74) is 0. The summed E-state index contributed by atoms with van der Waals surface area (Å²) >= 11 is 1.97. The zero-order chi connectivity index (χ0) is 10.5. The highest BCUT2D eigenvalue weighted by molar-refractivity contribution is 7.98. The molecule has 0 aromatic carbocycles. The molecule has 1 aliphatic heterocycles. The zero-order valence-electron chi connectivity index (χ0n) is 9.87. The molecule has 1 aliphatic carbocycles. The quantitative estimate of drug-likeness (QED) is 0.746. The highest BCUT2D eigenvalue weighted by atomic mass is 32.2. The van der Waals surface area contributed by atoms with E-state index in [2.05, 4.69) is 16.5 Å². The molecule has 2 nitrogen and oxygen atoms in total. The number of hydrogen-bond acceptors (Lipinski definition) is 3. The van der Waals surface area contributed by atoms with E-state index in [1.165, 1.54) is 57.6 Å². The Morgan fingerprint density at radius 2 is 2.20 bits per heavy atom. The van der Waals surface area contributed by atoms with Gasteiger partial charge in [0.2, 0.25) is 0 Å². The van der Waals surface area contributed by atoms with Crippen LogP contribution in [0.25, 0.3) is 0 Å². The molecule has 3 heteroatoms. The molecular formula is C12H24N2S. The summed E-state index contributed by atoms with van der Waals surface area (Å²) in [6.45, 7) is 5.22. The summed E-state index contributed by atoms with van der Waals surface area (Å²) in [5, 5.41) is 3.67. The summed E-state index contributed by atoms with van der Waals surface area (Å²) in [6, 6.07) is 0.881. The van der Waals surface area contributed by atoms with Crippen LogP contribution in [-0.2, 0) is 0 Å². The van der Waals surface area contributed by atoms with Crippen LogP contribution in [0.3, 0.4) is 0 Å². The van der Waals surface area contributed by atoms with E-state index in [0.717, 1.165) is 12.0 Å². The lowest BCUT2D eigenvalue weighted by molar-refractivity contribution is 0.181. The minimum atomic E-state index is 0.881. The molecule has 88 valence electrons. The van der Waals surface area contributed by atoms with Gasteiger partial charge in [0.25, 0.3) is 0 Å². The van der Waals surface area contributed by atoms with Crippen LogP contribution < -0.4 is 5.32 Å². The van der Waals surface area contributed by atoms with E-state index in [-0.39, 0.29) is 0 Å². The van der Waals surface area contributed by atoms with E-state index in [9.17, 15) is 0 Å². The van der Waals surface area contributed by atoms with Gasteiger partial charge in [-0.1, -0.05) is 0 Å². The highest BCUT2D eigenvalue weighted by Crippen LogP contribution is 2.21. The maximum atomic E-state index is 3.67. The van der Waals surface area contributed by atoms with E-state index >= 15 is 0 Å². The Balaban J connectivity index is 1.61. The largest absolute Gasteiger partial charge is 0.314 e. The molecule has 1 unspecified atom stereocenters. The second-order valence-electron chi connectivity index (χ2n) is 4.98. The van der Waals surface area contributed by atoms with Gasteiger partial charge in [-0.3, -0.25) is 0 Å². The third-order valence-corrected chi connectivity index (χ3v) is 4.08. The molecule has 0 bridgehead atoms. The highest BCUT2D eigenvalue weighted by Gasteiger charge is 2.24. The molecule has 2 aliphatic rings. The van der Waals surface area contributed by atoms with Crippen molar-refractivity contribution in [3.05, 3.63) is 0 Å². The van der Waals surface area contributed by atoms with Gasteiger partial charge in [0.1, 0.15) is 0 Å². The Bertz CT molecular complexity index is 182. The average Bonchev–Trinajstić information content (AvgIpc) is 3.08. The minimum absolute atomic E-state index is 0.881. The molecule has 0 aromatic rings. The second kappa shape index (κ2) is 6.12. The first-order valence-electron chi connectivity index (χ1n) is 6.33. The van der Waals surface area contributed by atoms with Crippen molar-refractivity contribution in [2.24, 2.45) is 5.92 Å². The fourth-order valence-corrected chi connectivity index (χ4v) is 2.80. The molecule has 0 radical (unpaired) electrons. The standard InChI is InChI=1S/C12H24N2S/c1-15-8-7-14-6-2-3-11(10-14)9-13-12-4-5-12/h11-13H,2-10H2,1H3. The van der Waals surface area contributed by atoms with Crippen LogP contribution in [0.5, 0.6) is 0 Å². The Labute approximate surface area is 98.2 Å². The molecule has 0 spiro atoms. The van der Waals surface area contributed by atoms with E-state index in [4.69, 9.17) is 0 Å². The molecular weight excluding hydrogens is 204 g/mol. The van der Waals surface area contributed by atoms with Gasteiger partial charge in [-0.15, -0.1) is 0 Å². The van der Waals surface area contributed by atoms with Gasteiger partial charge in [0, 0.05) is 24.9 Å².